The number of sulfone groups is 1. The molecule has 0 unspecified atom stereocenters. The second kappa shape index (κ2) is 3.92. The zero-order valence-electron chi connectivity index (χ0n) is 10.9. The SMILES string of the molecule is CC(C)(C)C(=O)C1(S(=O)(=O)c2ccccc2)CC1. The highest BCUT2D eigenvalue weighted by Gasteiger charge is 2.62. The van der Waals surface area contributed by atoms with Gasteiger partial charge in [0.2, 0.25) is 0 Å². The molecule has 1 aliphatic rings. The number of rotatable bonds is 3. The summed E-state index contributed by atoms with van der Waals surface area (Å²) in [6.45, 7) is 5.32. The second-order valence-electron chi connectivity index (χ2n) is 5.89. The van der Waals surface area contributed by atoms with E-state index in [2.05, 4.69) is 0 Å². The molecule has 1 fully saturated rings. The quantitative estimate of drug-likeness (QED) is 0.845. The van der Waals surface area contributed by atoms with Crippen molar-refractivity contribution in [3.8, 4) is 0 Å². The molecule has 0 saturated heterocycles. The maximum absolute atomic E-state index is 12.6. The van der Waals surface area contributed by atoms with Crippen LogP contribution in [0.1, 0.15) is 33.6 Å². The summed E-state index contributed by atoms with van der Waals surface area (Å²) < 4.78 is 24.0. The number of carbonyl (C=O) groups excluding carboxylic acids is 1. The van der Waals surface area contributed by atoms with Crippen molar-refractivity contribution < 1.29 is 13.2 Å². The molecule has 4 heteroatoms. The van der Waals surface area contributed by atoms with Gasteiger partial charge in [-0.15, -0.1) is 0 Å². The highest BCUT2D eigenvalue weighted by atomic mass is 32.2. The maximum atomic E-state index is 12.6. The zero-order chi connectivity index (χ0) is 13.6. The van der Waals surface area contributed by atoms with E-state index in [-0.39, 0.29) is 10.7 Å². The molecule has 0 aromatic heterocycles. The Hall–Kier alpha value is -1.16. The van der Waals surface area contributed by atoms with Crippen LogP contribution in [-0.4, -0.2) is 18.9 Å². The van der Waals surface area contributed by atoms with E-state index in [1.165, 1.54) is 0 Å². The van der Waals surface area contributed by atoms with E-state index in [0.717, 1.165) is 0 Å². The molecule has 0 heterocycles. The molecule has 0 spiro atoms. The van der Waals surface area contributed by atoms with E-state index in [9.17, 15) is 13.2 Å². The van der Waals surface area contributed by atoms with Gasteiger partial charge in [-0.05, 0) is 25.0 Å². The minimum absolute atomic E-state index is 0.168. The first-order chi connectivity index (χ1) is 8.22. The molecule has 18 heavy (non-hydrogen) atoms. The normalized spacial score (nSPS) is 18.4. The average molecular weight is 266 g/mol. The van der Waals surface area contributed by atoms with E-state index in [1.807, 2.05) is 0 Å². The lowest BCUT2D eigenvalue weighted by atomic mass is 9.88. The monoisotopic (exact) mass is 266 g/mol. The van der Waals surface area contributed by atoms with Crippen LogP contribution in [0.5, 0.6) is 0 Å². The zero-order valence-corrected chi connectivity index (χ0v) is 11.8. The third kappa shape index (κ3) is 1.88. The van der Waals surface area contributed by atoms with Crippen molar-refractivity contribution in [2.45, 2.75) is 43.3 Å². The first kappa shape index (κ1) is 13.3. The van der Waals surface area contributed by atoms with Crippen LogP contribution in [0.15, 0.2) is 35.2 Å². The Balaban J connectivity index is 2.47. The molecule has 0 aliphatic heterocycles. The lowest BCUT2D eigenvalue weighted by Crippen LogP contribution is -2.40. The third-order valence-corrected chi connectivity index (χ3v) is 5.88. The topological polar surface area (TPSA) is 51.2 Å². The summed E-state index contributed by atoms with van der Waals surface area (Å²) in [6.07, 6.45) is 0.890. The van der Waals surface area contributed by atoms with Crippen LogP contribution in [0.25, 0.3) is 0 Å². The average Bonchev–Trinajstić information content (AvgIpc) is 3.09. The molecular formula is C14H18O3S. The molecule has 1 saturated carbocycles. The van der Waals surface area contributed by atoms with Gasteiger partial charge in [0.25, 0.3) is 0 Å². The van der Waals surface area contributed by atoms with E-state index in [4.69, 9.17) is 0 Å². The lowest BCUT2D eigenvalue weighted by Gasteiger charge is -2.24. The summed E-state index contributed by atoms with van der Waals surface area (Å²) in [7, 11) is -3.56. The van der Waals surface area contributed by atoms with Crippen molar-refractivity contribution >= 4 is 15.6 Å². The second-order valence-corrected chi connectivity index (χ2v) is 8.15. The lowest BCUT2D eigenvalue weighted by molar-refractivity contribution is -0.126. The van der Waals surface area contributed by atoms with Gasteiger partial charge in [0.15, 0.2) is 15.6 Å². The summed E-state index contributed by atoms with van der Waals surface area (Å²) in [5, 5.41) is 0. The molecule has 0 N–H and O–H groups in total. The minimum Gasteiger partial charge on any atom is -0.297 e. The molecule has 1 aromatic rings. The number of ketones is 1. The van der Waals surface area contributed by atoms with Gasteiger partial charge in [-0.3, -0.25) is 4.79 Å². The van der Waals surface area contributed by atoms with Crippen LogP contribution >= 0.6 is 0 Å². The summed E-state index contributed by atoms with van der Waals surface area (Å²) in [5.74, 6) is -0.168. The van der Waals surface area contributed by atoms with Crippen LogP contribution in [0.4, 0.5) is 0 Å². The molecule has 0 atom stereocenters. The predicted molar refractivity (Wildman–Crippen MR) is 70.1 cm³/mol. The molecule has 2 rings (SSSR count). The molecule has 1 aromatic carbocycles. The first-order valence-corrected chi connectivity index (χ1v) is 7.55. The van der Waals surface area contributed by atoms with Crippen LogP contribution in [0.2, 0.25) is 0 Å². The largest absolute Gasteiger partial charge is 0.297 e. The van der Waals surface area contributed by atoms with Crippen molar-refractivity contribution in [1.82, 2.24) is 0 Å². The summed E-state index contributed by atoms with van der Waals surface area (Å²) in [6, 6.07) is 8.26. The Morgan fingerprint density at radius 1 is 1.11 bits per heavy atom. The van der Waals surface area contributed by atoms with Crippen molar-refractivity contribution in [3.05, 3.63) is 30.3 Å². The van der Waals surface area contributed by atoms with Gasteiger partial charge in [0.1, 0.15) is 4.75 Å². The summed E-state index contributed by atoms with van der Waals surface area (Å²) in [5.41, 5.74) is -0.627. The van der Waals surface area contributed by atoms with Gasteiger partial charge >= 0.3 is 0 Å². The Morgan fingerprint density at radius 2 is 1.61 bits per heavy atom. The molecule has 0 radical (unpaired) electrons. The van der Waals surface area contributed by atoms with Crippen LogP contribution < -0.4 is 0 Å². The van der Waals surface area contributed by atoms with Crippen LogP contribution in [0, 0.1) is 5.41 Å². The summed E-state index contributed by atoms with van der Waals surface area (Å²) in [4.78, 5) is 12.6. The minimum atomic E-state index is -3.56. The summed E-state index contributed by atoms with van der Waals surface area (Å²) >= 11 is 0. The van der Waals surface area contributed by atoms with Gasteiger partial charge in [-0.2, -0.15) is 0 Å². The molecule has 1 aliphatic carbocycles. The first-order valence-electron chi connectivity index (χ1n) is 6.06. The Kier molecular flexibility index (Phi) is 2.89. The van der Waals surface area contributed by atoms with E-state index in [0.29, 0.717) is 12.8 Å². The molecule has 3 nitrogen and oxygen atoms in total. The number of Topliss-reactive ketones (excluding diaryl/α,β-unsaturated/α-hetero) is 1. The van der Waals surface area contributed by atoms with Crippen molar-refractivity contribution in [2.24, 2.45) is 5.41 Å². The number of hydrogen-bond donors (Lipinski definition) is 0. The third-order valence-electron chi connectivity index (χ3n) is 3.37. The highest BCUT2D eigenvalue weighted by molar-refractivity contribution is 7.94. The van der Waals surface area contributed by atoms with Gasteiger partial charge in [-0.1, -0.05) is 39.0 Å². The van der Waals surface area contributed by atoms with Crippen molar-refractivity contribution in [1.29, 1.82) is 0 Å². The predicted octanol–water partition coefficient (Wildman–Crippen LogP) is 2.61. The molecule has 0 amide bonds. The van der Waals surface area contributed by atoms with Gasteiger partial charge in [0.05, 0.1) is 4.90 Å². The fraction of sp³-hybridized carbons (Fsp3) is 0.500. The standard InChI is InChI=1S/C14H18O3S/c1-13(2,3)12(15)14(9-10-14)18(16,17)11-7-5-4-6-8-11/h4-8H,9-10H2,1-3H3. The molecule has 98 valence electrons. The van der Waals surface area contributed by atoms with E-state index < -0.39 is 20.0 Å². The van der Waals surface area contributed by atoms with Crippen LogP contribution in [-0.2, 0) is 14.6 Å². The van der Waals surface area contributed by atoms with Gasteiger partial charge in [0, 0.05) is 5.41 Å². The molecular weight excluding hydrogens is 248 g/mol. The van der Waals surface area contributed by atoms with Crippen molar-refractivity contribution in [3.63, 3.8) is 0 Å². The van der Waals surface area contributed by atoms with E-state index >= 15 is 0 Å². The Labute approximate surface area is 108 Å². The van der Waals surface area contributed by atoms with Gasteiger partial charge in [-0.25, -0.2) is 8.42 Å². The smallest absolute Gasteiger partial charge is 0.191 e. The fourth-order valence-corrected chi connectivity index (χ4v) is 4.40. The number of benzene rings is 1. The van der Waals surface area contributed by atoms with Crippen LogP contribution in [0.3, 0.4) is 0 Å². The Morgan fingerprint density at radius 3 is 2.00 bits per heavy atom. The highest BCUT2D eigenvalue weighted by Crippen LogP contribution is 2.50. The fourth-order valence-electron chi connectivity index (χ4n) is 2.24. The Bertz CT molecular complexity index is 561. The maximum Gasteiger partial charge on any atom is 0.191 e. The number of hydrogen-bond acceptors (Lipinski definition) is 3. The van der Waals surface area contributed by atoms with E-state index in [1.54, 1.807) is 51.1 Å². The van der Waals surface area contributed by atoms with Gasteiger partial charge < -0.3 is 0 Å². The number of carbonyl (C=O) groups is 1. The molecule has 0 bridgehead atoms. The van der Waals surface area contributed by atoms with Crippen molar-refractivity contribution in [2.75, 3.05) is 0 Å².